The minimum Gasteiger partial charge on any atom is -0.337 e. The molecule has 11 heteroatoms. The van der Waals surface area contributed by atoms with Crippen molar-refractivity contribution in [1.29, 1.82) is 0 Å². The lowest BCUT2D eigenvalue weighted by molar-refractivity contribution is -1.23. The van der Waals surface area contributed by atoms with Gasteiger partial charge >= 0.3 is 0 Å². The lowest BCUT2D eigenvalue weighted by atomic mass is 10.2. The molecule has 0 spiro atoms. The molecule has 10 aliphatic heterocycles. The van der Waals surface area contributed by atoms with E-state index in [0.29, 0.717) is 4.65 Å². The van der Waals surface area contributed by atoms with Crippen molar-refractivity contribution in [3.8, 4) is 0 Å². The summed E-state index contributed by atoms with van der Waals surface area (Å²) in [5.74, 6) is 0. The van der Waals surface area contributed by atoms with Crippen LogP contribution in [0.15, 0.2) is 0 Å². The predicted octanol–water partition coefficient (Wildman–Crippen LogP) is -8.56. The van der Waals surface area contributed by atoms with Gasteiger partial charge in [-0.1, -0.05) is 0 Å². The zero-order valence-electron chi connectivity index (χ0n) is 20.9. The Morgan fingerprint density at radius 3 is 0.788 bits per heavy atom. The summed E-state index contributed by atoms with van der Waals surface area (Å²) in [6, 6.07) is 0. The Balaban J connectivity index is 0.000000106. The van der Waals surface area contributed by atoms with Crippen LogP contribution in [-0.2, 0) is 0 Å². The summed E-state index contributed by atoms with van der Waals surface area (Å²) >= 11 is 0. The molecule has 33 heavy (non-hydrogen) atoms. The van der Waals surface area contributed by atoms with E-state index in [9.17, 15) is 15.6 Å². The zero-order chi connectivity index (χ0) is 23.2. The van der Waals surface area contributed by atoms with E-state index in [1.807, 2.05) is 9.80 Å². The highest BCUT2D eigenvalue weighted by molar-refractivity contribution is 4.52. The van der Waals surface area contributed by atoms with Gasteiger partial charge in [0.2, 0.25) is 0 Å². The third-order valence-corrected chi connectivity index (χ3v) is 9.09. The van der Waals surface area contributed by atoms with Crippen molar-refractivity contribution in [2.45, 2.75) is 0 Å². The highest BCUT2D eigenvalue weighted by atomic mass is 16.6. The van der Waals surface area contributed by atoms with Gasteiger partial charge in [-0.15, -0.1) is 0 Å². The van der Waals surface area contributed by atoms with Crippen LogP contribution in [0.2, 0.25) is 0 Å². The van der Waals surface area contributed by atoms with Gasteiger partial charge in [-0.25, -0.2) is 15.6 Å². The van der Waals surface area contributed by atoms with Gasteiger partial charge in [0, 0.05) is 0 Å². The molecule has 0 atom stereocenters. The first-order valence-corrected chi connectivity index (χ1v) is 13.8. The Labute approximate surface area is 199 Å². The lowest BCUT2D eigenvalue weighted by Gasteiger charge is -2.46. The van der Waals surface area contributed by atoms with E-state index in [2.05, 4.69) is 10.6 Å². The van der Waals surface area contributed by atoms with Gasteiger partial charge in [0.15, 0.2) is 58.9 Å². The maximum Gasteiger partial charge on any atom is 0.161 e. The number of hydroxylamine groups is 9. The fourth-order valence-corrected chi connectivity index (χ4v) is 6.17. The second-order valence-corrected chi connectivity index (χ2v) is 11.5. The maximum absolute atomic E-state index is 9.65. The number of hydrogen-bond acceptors (Lipinski definition) is 3. The standard InChI is InChI=1S/C6H14N2O2.C6H13N2O.C6H12N2.C4H10N2/c9-7-1-2-8(10,5-3-7)6-4-7;9-8-4-1-7(2-5-8)3-6-8;1-2-8-5-3-7(1)4-6-8;1-2-6-4-3-5-1/h9-10H,1-6H2;9H,1-6H2;1-6H2;5-6H,1-4H2/q+2;+1;;/p+5. The van der Waals surface area contributed by atoms with E-state index < -0.39 is 0 Å². The van der Waals surface area contributed by atoms with Crippen LogP contribution in [0.5, 0.6) is 0 Å². The number of quaternary nitrogens is 8. The van der Waals surface area contributed by atoms with Crippen LogP contribution in [0, 0.1) is 0 Å². The van der Waals surface area contributed by atoms with Crippen LogP contribution < -0.4 is 25.3 Å². The van der Waals surface area contributed by atoms with E-state index in [1.165, 1.54) is 85.1 Å². The van der Waals surface area contributed by atoms with Crippen molar-refractivity contribution >= 4 is 0 Å². The molecule has 10 aliphatic rings. The van der Waals surface area contributed by atoms with Gasteiger partial charge in [0.25, 0.3) is 0 Å². The normalized spacial score (nSPS) is 45.0. The highest BCUT2D eigenvalue weighted by Crippen LogP contribution is 2.21. The van der Waals surface area contributed by atoms with Gasteiger partial charge in [0.05, 0.1) is 0 Å². The van der Waals surface area contributed by atoms with Crippen LogP contribution in [0.4, 0.5) is 0 Å². The van der Waals surface area contributed by atoms with E-state index in [1.54, 1.807) is 4.90 Å². The summed E-state index contributed by atoms with van der Waals surface area (Å²) in [6.45, 7) is 24.7. The Morgan fingerprint density at radius 2 is 0.606 bits per heavy atom. The van der Waals surface area contributed by atoms with Crippen molar-refractivity contribution in [2.75, 3.05) is 144 Å². The molecule has 0 saturated carbocycles. The quantitative estimate of drug-likeness (QED) is 0.166. The third-order valence-electron chi connectivity index (χ3n) is 9.09. The van der Waals surface area contributed by atoms with E-state index in [0.717, 1.165) is 58.9 Å². The molecule has 0 aromatic rings. The molecule has 10 fully saturated rings. The van der Waals surface area contributed by atoms with Crippen LogP contribution in [-0.4, -0.2) is 174 Å². The van der Waals surface area contributed by atoms with E-state index >= 15 is 0 Å². The molecule has 0 unspecified atom stereocenters. The van der Waals surface area contributed by atoms with Gasteiger partial charge in [-0.3, -0.25) is 0 Å². The number of hydrogen-bond donors (Lipinski definition) is 8. The average Bonchev–Trinajstić information content (AvgIpc) is 2.89. The van der Waals surface area contributed by atoms with E-state index in [4.69, 9.17) is 0 Å². The summed E-state index contributed by atoms with van der Waals surface area (Å²) in [4.78, 5) is 5.38. The Hall–Kier alpha value is -0.440. The zero-order valence-corrected chi connectivity index (χ0v) is 20.9. The van der Waals surface area contributed by atoms with Gasteiger partial charge in [-0.2, -0.15) is 13.9 Å². The fourth-order valence-electron chi connectivity index (χ4n) is 6.17. The Kier molecular flexibility index (Phi) is 8.96. The second-order valence-electron chi connectivity index (χ2n) is 11.5. The third kappa shape index (κ3) is 7.77. The molecular weight excluding hydrogens is 424 g/mol. The maximum atomic E-state index is 9.65. The van der Waals surface area contributed by atoms with Gasteiger partial charge in [-0.05, 0) is 0 Å². The molecule has 10 saturated heterocycles. The average molecular weight is 479 g/mol. The molecule has 192 valence electrons. The lowest BCUT2D eigenvalue weighted by Crippen LogP contribution is -3.35. The molecule has 0 amide bonds. The minimum atomic E-state index is 0.195. The number of fused-ring (bicyclic) bond motifs is 9. The predicted molar refractivity (Wildman–Crippen MR) is 120 cm³/mol. The smallest absolute Gasteiger partial charge is 0.161 e. The molecule has 10 N–H and O–H groups in total. The molecule has 10 heterocycles. The van der Waals surface area contributed by atoms with Crippen molar-refractivity contribution in [3.05, 3.63) is 0 Å². The monoisotopic (exact) mass is 478 g/mol. The fraction of sp³-hybridized carbons (Fsp3) is 1.00. The molecule has 0 aromatic carbocycles. The molecule has 11 nitrogen and oxygen atoms in total. The van der Waals surface area contributed by atoms with Crippen molar-refractivity contribution < 1.29 is 54.9 Å². The summed E-state index contributed by atoms with van der Waals surface area (Å²) in [5, 5.41) is 33.7. The van der Waals surface area contributed by atoms with Crippen molar-refractivity contribution in [3.63, 3.8) is 0 Å². The number of rotatable bonds is 0. The number of nitrogens with zero attached hydrogens (tertiary/aromatic N) is 3. The van der Waals surface area contributed by atoms with Crippen molar-refractivity contribution in [1.82, 2.24) is 0 Å². The van der Waals surface area contributed by atoms with E-state index in [-0.39, 0.29) is 9.29 Å². The van der Waals surface area contributed by atoms with Crippen LogP contribution >= 0.6 is 0 Å². The van der Waals surface area contributed by atoms with Crippen molar-refractivity contribution in [2.24, 2.45) is 0 Å². The first kappa shape index (κ1) is 25.6. The van der Waals surface area contributed by atoms with Crippen LogP contribution in [0.25, 0.3) is 0 Å². The summed E-state index contributed by atoms with van der Waals surface area (Å²) in [5.41, 5.74) is 0. The molecule has 10 rings (SSSR count). The van der Waals surface area contributed by atoms with Crippen LogP contribution in [0.1, 0.15) is 0 Å². The van der Waals surface area contributed by atoms with Crippen LogP contribution in [0.3, 0.4) is 0 Å². The Morgan fingerprint density at radius 1 is 0.364 bits per heavy atom. The molecular formula is C22H54N8O3+8. The summed E-state index contributed by atoms with van der Waals surface area (Å²) in [6.07, 6.45) is 0. The molecule has 0 aliphatic carbocycles. The number of nitrogens with one attached hydrogen (secondary N) is 3. The molecule has 6 bridgehead atoms. The SMILES string of the molecule is C1C[NH+]2CC[NH+]1CC2.C1C[NH2+]CC[NH2+]1.O[N+]12CC[N+](O)(CC1)CC2.O[N+]12CC[NH+](CC1)CC2. The van der Waals surface area contributed by atoms with Gasteiger partial charge < -0.3 is 25.3 Å². The summed E-state index contributed by atoms with van der Waals surface area (Å²) < 4.78 is 0.755. The Bertz CT molecular complexity index is 501. The second kappa shape index (κ2) is 11.5. The topological polar surface area (TPSA) is 107 Å². The number of nitrogens with two attached hydrogens (primary N) is 2. The summed E-state index contributed by atoms with van der Waals surface area (Å²) in [7, 11) is 0. The molecule has 0 aromatic heterocycles. The number of piperazine rings is 10. The molecule has 0 radical (unpaired) electrons. The largest absolute Gasteiger partial charge is 0.337 e. The van der Waals surface area contributed by atoms with Gasteiger partial charge in [0.1, 0.15) is 85.1 Å². The minimum absolute atomic E-state index is 0.195. The first-order chi connectivity index (χ1) is 15.9. The highest BCUT2D eigenvalue weighted by Gasteiger charge is 2.49. The first-order valence-electron chi connectivity index (χ1n) is 13.8.